The average Bonchev–Trinajstić information content (AvgIpc) is 2.75. The average molecular weight is 411 g/mol. The molecule has 2 rings (SSSR count). The number of ether oxygens (including phenoxy) is 2. The highest BCUT2D eigenvalue weighted by Gasteiger charge is 2.14. The van der Waals surface area contributed by atoms with Gasteiger partial charge in [0.25, 0.3) is 5.91 Å². The van der Waals surface area contributed by atoms with E-state index in [9.17, 15) is 14.4 Å². The maximum absolute atomic E-state index is 12.2. The first kappa shape index (κ1) is 23.1. The highest BCUT2D eigenvalue weighted by atomic mass is 16.5. The highest BCUT2D eigenvalue weighted by Crippen LogP contribution is 2.23. The zero-order valence-electron chi connectivity index (χ0n) is 17.8. The Bertz CT molecular complexity index is 858. The van der Waals surface area contributed by atoms with Crippen molar-refractivity contribution in [2.75, 3.05) is 18.5 Å². The minimum absolute atomic E-state index is 0.0196. The standard InChI is InChI=1S/C24H29NO5/c1-4-15-29-19-11-9-18(10-12-19)22(26)13-14-24(28)30-16-23(27)25-21-8-6-5-7-20(21)17(2)3/h5-12,17H,4,13-16H2,1-3H3,(H,25,27). The third kappa shape index (κ3) is 7.35. The zero-order chi connectivity index (χ0) is 21.9. The van der Waals surface area contributed by atoms with Gasteiger partial charge in [-0.05, 0) is 48.2 Å². The third-order valence-electron chi connectivity index (χ3n) is 4.43. The van der Waals surface area contributed by atoms with Gasteiger partial charge in [0, 0.05) is 17.7 Å². The van der Waals surface area contributed by atoms with Crippen LogP contribution in [-0.4, -0.2) is 30.9 Å². The number of Topliss-reactive ketones (excluding diaryl/α,β-unsaturated/α-hetero) is 1. The van der Waals surface area contributed by atoms with Gasteiger partial charge in [0.1, 0.15) is 5.75 Å². The molecule has 0 atom stereocenters. The number of hydrogen-bond donors (Lipinski definition) is 1. The summed E-state index contributed by atoms with van der Waals surface area (Å²) in [4.78, 5) is 36.2. The zero-order valence-corrected chi connectivity index (χ0v) is 17.8. The number of esters is 1. The first-order chi connectivity index (χ1) is 14.4. The van der Waals surface area contributed by atoms with E-state index in [2.05, 4.69) is 5.32 Å². The number of para-hydroxylation sites is 1. The normalized spacial score (nSPS) is 10.5. The van der Waals surface area contributed by atoms with Crippen LogP contribution in [0.2, 0.25) is 0 Å². The molecule has 2 aromatic carbocycles. The summed E-state index contributed by atoms with van der Waals surface area (Å²) in [6.45, 7) is 6.32. The second-order valence-corrected chi connectivity index (χ2v) is 7.25. The van der Waals surface area contributed by atoms with Crippen LogP contribution in [0.3, 0.4) is 0 Å². The number of anilines is 1. The fourth-order valence-electron chi connectivity index (χ4n) is 2.84. The monoisotopic (exact) mass is 411 g/mol. The van der Waals surface area contributed by atoms with E-state index in [1.807, 2.05) is 45.0 Å². The van der Waals surface area contributed by atoms with E-state index < -0.39 is 11.9 Å². The van der Waals surface area contributed by atoms with Crippen molar-refractivity contribution < 1.29 is 23.9 Å². The van der Waals surface area contributed by atoms with Crippen LogP contribution in [0, 0.1) is 0 Å². The second kappa shape index (κ2) is 11.8. The Hall–Kier alpha value is -3.15. The maximum Gasteiger partial charge on any atom is 0.306 e. The maximum atomic E-state index is 12.2. The molecule has 0 radical (unpaired) electrons. The Morgan fingerprint density at radius 1 is 0.967 bits per heavy atom. The van der Waals surface area contributed by atoms with Crippen LogP contribution in [0.4, 0.5) is 5.69 Å². The molecule has 2 aromatic rings. The Morgan fingerprint density at radius 3 is 2.33 bits per heavy atom. The SMILES string of the molecule is CCCOc1ccc(C(=O)CCC(=O)OCC(=O)Nc2ccccc2C(C)C)cc1. The van der Waals surface area contributed by atoms with Gasteiger partial charge in [0.15, 0.2) is 12.4 Å². The summed E-state index contributed by atoms with van der Waals surface area (Å²) in [5, 5.41) is 2.76. The molecule has 0 aliphatic heterocycles. The first-order valence-corrected chi connectivity index (χ1v) is 10.2. The van der Waals surface area contributed by atoms with E-state index in [1.165, 1.54) is 0 Å². The minimum atomic E-state index is -0.585. The molecule has 30 heavy (non-hydrogen) atoms. The molecular formula is C24H29NO5. The number of ketones is 1. The highest BCUT2D eigenvalue weighted by molar-refractivity contribution is 5.98. The second-order valence-electron chi connectivity index (χ2n) is 7.25. The molecule has 0 unspecified atom stereocenters. The molecule has 160 valence electrons. The van der Waals surface area contributed by atoms with Crippen molar-refractivity contribution >= 4 is 23.3 Å². The van der Waals surface area contributed by atoms with E-state index >= 15 is 0 Å². The predicted molar refractivity (Wildman–Crippen MR) is 116 cm³/mol. The summed E-state index contributed by atoms with van der Waals surface area (Å²) in [5.74, 6) is -0.200. The Kier molecular flexibility index (Phi) is 9.06. The number of carbonyl (C=O) groups excluding carboxylic acids is 3. The lowest BCUT2D eigenvalue weighted by atomic mass is 10.0. The quantitative estimate of drug-likeness (QED) is 0.426. The molecule has 0 aromatic heterocycles. The van der Waals surface area contributed by atoms with Gasteiger partial charge < -0.3 is 14.8 Å². The summed E-state index contributed by atoms with van der Waals surface area (Å²) in [6, 6.07) is 14.3. The van der Waals surface area contributed by atoms with Crippen molar-refractivity contribution in [3.05, 3.63) is 59.7 Å². The number of nitrogens with one attached hydrogen (secondary N) is 1. The van der Waals surface area contributed by atoms with Gasteiger partial charge in [-0.3, -0.25) is 14.4 Å². The Labute approximate surface area is 177 Å². The van der Waals surface area contributed by atoms with Gasteiger partial charge in [0.2, 0.25) is 0 Å². The van der Waals surface area contributed by atoms with Crippen LogP contribution in [-0.2, 0) is 14.3 Å². The fourth-order valence-corrected chi connectivity index (χ4v) is 2.84. The topological polar surface area (TPSA) is 81.7 Å². The van der Waals surface area contributed by atoms with Gasteiger partial charge >= 0.3 is 5.97 Å². The summed E-state index contributed by atoms with van der Waals surface area (Å²) in [6.07, 6.45) is 0.847. The van der Waals surface area contributed by atoms with E-state index in [4.69, 9.17) is 9.47 Å². The lowest BCUT2D eigenvalue weighted by Gasteiger charge is -2.13. The van der Waals surface area contributed by atoms with Crippen molar-refractivity contribution in [2.24, 2.45) is 0 Å². The number of amides is 1. The molecule has 0 bridgehead atoms. The van der Waals surface area contributed by atoms with Crippen molar-refractivity contribution in [3.63, 3.8) is 0 Å². The van der Waals surface area contributed by atoms with Crippen molar-refractivity contribution in [1.82, 2.24) is 0 Å². The molecule has 6 nitrogen and oxygen atoms in total. The van der Waals surface area contributed by atoms with Gasteiger partial charge in [-0.1, -0.05) is 39.0 Å². The van der Waals surface area contributed by atoms with E-state index in [0.717, 1.165) is 12.0 Å². The summed E-state index contributed by atoms with van der Waals surface area (Å²) >= 11 is 0. The Morgan fingerprint density at radius 2 is 1.67 bits per heavy atom. The fraction of sp³-hybridized carbons (Fsp3) is 0.375. The molecule has 1 amide bonds. The molecule has 1 N–H and O–H groups in total. The summed E-state index contributed by atoms with van der Waals surface area (Å²) in [7, 11) is 0. The van der Waals surface area contributed by atoms with Crippen LogP contribution in [0.5, 0.6) is 5.75 Å². The molecule has 0 saturated carbocycles. The van der Waals surface area contributed by atoms with Crippen molar-refractivity contribution in [1.29, 1.82) is 0 Å². The van der Waals surface area contributed by atoms with Gasteiger partial charge in [-0.15, -0.1) is 0 Å². The molecule has 6 heteroatoms. The largest absolute Gasteiger partial charge is 0.494 e. The molecule has 0 aliphatic rings. The Balaban J connectivity index is 1.75. The van der Waals surface area contributed by atoms with Gasteiger partial charge in [-0.25, -0.2) is 0 Å². The van der Waals surface area contributed by atoms with Crippen LogP contribution in [0.25, 0.3) is 0 Å². The van der Waals surface area contributed by atoms with E-state index in [0.29, 0.717) is 23.6 Å². The van der Waals surface area contributed by atoms with Crippen LogP contribution >= 0.6 is 0 Å². The third-order valence-corrected chi connectivity index (χ3v) is 4.43. The number of rotatable bonds is 11. The van der Waals surface area contributed by atoms with Crippen molar-refractivity contribution in [2.45, 2.75) is 46.0 Å². The van der Waals surface area contributed by atoms with E-state index in [-0.39, 0.29) is 31.1 Å². The summed E-state index contributed by atoms with van der Waals surface area (Å²) in [5.41, 5.74) is 2.22. The molecule has 0 saturated heterocycles. The lowest BCUT2D eigenvalue weighted by molar-refractivity contribution is -0.147. The molecule has 0 aliphatic carbocycles. The molecular weight excluding hydrogens is 382 g/mol. The van der Waals surface area contributed by atoms with Crippen LogP contribution in [0.15, 0.2) is 48.5 Å². The van der Waals surface area contributed by atoms with Crippen LogP contribution < -0.4 is 10.1 Å². The molecule has 0 spiro atoms. The molecule has 0 fully saturated rings. The number of benzene rings is 2. The number of carbonyl (C=O) groups is 3. The van der Waals surface area contributed by atoms with Crippen LogP contribution in [0.1, 0.15) is 61.9 Å². The van der Waals surface area contributed by atoms with Crippen molar-refractivity contribution in [3.8, 4) is 5.75 Å². The van der Waals surface area contributed by atoms with Gasteiger partial charge in [-0.2, -0.15) is 0 Å². The first-order valence-electron chi connectivity index (χ1n) is 10.2. The number of hydrogen-bond acceptors (Lipinski definition) is 5. The predicted octanol–water partition coefficient (Wildman–Crippen LogP) is 4.74. The lowest BCUT2D eigenvalue weighted by Crippen LogP contribution is -2.22. The summed E-state index contributed by atoms with van der Waals surface area (Å²) < 4.78 is 10.5. The minimum Gasteiger partial charge on any atom is -0.494 e. The van der Waals surface area contributed by atoms with Gasteiger partial charge in [0.05, 0.1) is 13.0 Å². The smallest absolute Gasteiger partial charge is 0.306 e. The molecule has 0 heterocycles. The van der Waals surface area contributed by atoms with E-state index in [1.54, 1.807) is 24.3 Å².